The highest BCUT2D eigenvalue weighted by Gasteiger charge is 2.38. The Balaban J connectivity index is 2.83. The first-order chi connectivity index (χ1) is 13.0. The summed E-state index contributed by atoms with van der Waals surface area (Å²) < 4.78 is 0. The van der Waals surface area contributed by atoms with Gasteiger partial charge in [0.25, 0.3) is 0 Å². The van der Waals surface area contributed by atoms with Gasteiger partial charge in [0.1, 0.15) is 18.6 Å². The molecule has 0 aliphatic carbocycles. The summed E-state index contributed by atoms with van der Waals surface area (Å²) in [7, 11) is 0. The normalized spacial score (nSPS) is 18.0. The minimum absolute atomic E-state index is 0.152. The molecule has 1 fully saturated rings. The first kappa shape index (κ1) is 22.8. The number of likely N-dealkylation sites (tertiary alicyclic amines) is 1. The summed E-state index contributed by atoms with van der Waals surface area (Å²) in [4.78, 5) is 70.0. The maximum Gasteiger partial charge on any atom is 0.322 e. The number of amides is 3. The third kappa shape index (κ3) is 6.83. The average molecular weight is 402 g/mol. The molecule has 28 heavy (non-hydrogen) atoms. The van der Waals surface area contributed by atoms with Gasteiger partial charge < -0.3 is 36.6 Å². The molecule has 1 rings (SSSR count). The van der Waals surface area contributed by atoms with E-state index >= 15 is 0 Å². The topological polar surface area (TPSA) is 216 Å². The second kappa shape index (κ2) is 10.2. The number of carboxylic acids is 3. The van der Waals surface area contributed by atoms with Crippen LogP contribution in [0.3, 0.4) is 0 Å². The molecule has 0 radical (unpaired) electrons. The molecule has 13 heteroatoms. The lowest BCUT2D eigenvalue weighted by Crippen LogP contribution is -2.56. The monoisotopic (exact) mass is 402 g/mol. The maximum absolute atomic E-state index is 12.5. The van der Waals surface area contributed by atoms with Crippen LogP contribution in [0.1, 0.15) is 25.7 Å². The largest absolute Gasteiger partial charge is 0.481 e. The number of carbonyl (C=O) groups excluding carboxylic acids is 3. The van der Waals surface area contributed by atoms with E-state index in [1.807, 2.05) is 5.32 Å². The lowest BCUT2D eigenvalue weighted by Gasteiger charge is -2.27. The van der Waals surface area contributed by atoms with Crippen LogP contribution in [0.2, 0.25) is 0 Å². The number of carboxylic acid groups (broad SMARTS) is 3. The minimum Gasteiger partial charge on any atom is -0.481 e. The summed E-state index contributed by atoms with van der Waals surface area (Å²) in [5.41, 5.74) is 5.54. The predicted molar refractivity (Wildman–Crippen MR) is 89.8 cm³/mol. The molecule has 3 unspecified atom stereocenters. The van der Waals surface area contributed by atoms with Crippen LogP contribution >= 0.6 is 0 Å². The standard InChI is InChI=1S/C15H22N4O9/c16-7(4-10(20)21)15(28)19-3-1-2-9(19)14(27)18-8(5-11(22)23)13(26)17-6-12(24)25/h7-9H,1-6,16H2,(H,17,26)(H,18,27)(H,20,21)(H,22,23)(H,24,25). The third-order valence-corrected chi connectivity index (χ3v) is 3.98. The Hall–Kier alpha value is -3.22. The number of aliphatic carboxylic acids is 3. The van der Waals surface area contributed by atoms with Crippen molar-refractivity contribution in [3.63, 3.8) is 0 Å². The van der Waals surface area contributed by atoms with Crippen molar-refractivity contribution < 1.29 is 44.1 Å². The van der Waals surface area contributed by atoms with Crippen molar-refractivity contribution in [2.75, 3.05) is 13.1 Å². The first-order valence-electron chi connectivity index (χ1n) is 8.32. The second-order valence-corrected chi connectivity index (χ2v) is 6.16. The Labute approximate surface area is 158 Å². The molecule has 156 valence electrons. The fourth-order valence-electron chi connectivity index (χ4n) is 2.73. The van der Waals surface area contributed by atoms with Crippen molar-refractivity contribution >= 4 is 35.6 Å². The van der Waals surface area contributed by atoms with Crippen molar-refractivity contribution in [2.24, 2.45) is 5.73 Å². The van der Waals surface area contributed by atoms with Crippen molar-refractivity contribution in [1.82, 2.24) is 15.5 Å². The Morgan fingerprint density at radius 3 is 2.14 bits per heavy atom. The fraction of sp³-hybridized carbons (Fsp3) is 0.600. The van der Waals surface area contributed by atoms with Gasteiger partial charge in [-0.1, -0.05) is 0 Å². The summed E-state index contributed by atoms with van der Waals surface area (Å²) in [6.45, 7) is -0.609. The van der Waals surface area contributed by atoms with Gasteiger partial charge in [0.2, 0.25) is 17.7 Å². The maximum atomic E-state index is 12.5. The second-order valence-electron chi connectivity index (χ2n) is 6.16. The molecular formula is C15H22N4O9. The summed E-state index contributed by atoms with van der Waals surface area (Å²) in [5.74, 6) is -6.60. The highest BCUT2D eigenvalue weighted by atomic mass is 16.4. The average Bonchev–Trinajstić information content (AvgIpc) is 3.06. The molecular weight excluding hydrogens is 380 g/mol. The van der Waals surface area contributed by atoms with Gasteiger partial charge >= 0.3 is 17.9 Å². The smallest absolute Gasteiger partial charge is 0.322 e. The molecule has 3 atom stereocenters. The van der Waals surface area contributed by atoms with E-state index in [2.05, 4.69) is 5.32 Å². The molecule has 1 aliphatic rings. The molecule has 7 N–H and O–H groups in total. The Morgan fingerprint density at radius 2 is 1.61 bits per heavy atom. The molecule has 1 heterocycles. The summed E-state index contributed by atoms with van der Waals surface area (Å²) in [5, 5.41) is 30.4. The fourth-order valence-corrected chi connectivity index (χ4v) is 2.73. The molecule has 0 bridgehead atoms. The molecule has 1 saturated heterocycles. The van der Waals surface area contributed by atoms with E-state index < -0.39 is 73.1 Å². The van der Waals surface area contributed by atoms with Gasteiger partial charge in [-0.15, -0.1) is 0 Å². The minimum atomic E-state index is -1.55. The number of nitrogens with zero attached hydrogens (tertiary/aromatic N) is 1. The van der Waals surface area contributed by atoms with Crippen molar-refractivity contribution in [3.05, 3.63) is 0 Å². The van der Waals surface area contributed by atoms with Crippen molar-refractivity contribution in [2.45, 2.75) is 43.8 Å². The van der Waals surface area contributed by atoms with Crippen LogP contribution in [0.4, 0.5) is 0 Å². The summed E-state index contributed by atoms with van der Waals surface area (Å²) >= 11 is 0. The van der Waals surface area contributed by atoms with Crippen LogP contribution < -0.4 is 16.4 Å². The van der Waals surface area contributed by atoms with E-state index in [4.69, 9.17) is 21.1 Å². The van der Waals surface area contributed by atoms with Crippen LogP contribution in [0.5, 0.6) is 0 Å². The summed E-state index contributed by atoms with van der Waals surface area (Å²) in [6, 6.07) is -3.94. The van der Waals surface area contributed by atoms with E-state index in [9.17, 15) is 28.8 Å². The van der Waals surface area contributed by atoms with Crippen molar-refractivity contribution in [3.8, 4) is 0 Å². The van der Waals surface area contributed by atoms with Crippen LogP contribution in [0.15, 0.2) is 0 Å². The number of hydrogen-bond donors (Lipinski definition) is 6. The number of rotatable bonds is 10. The Morgan fingerprint density at radius 1 is 1.00 bits per heavy atom. The van der Waals surface area contributed by atoms with Gasteiger partial charge in [-0.2, -0.15) is 0 Å². The van der Waals surface area contributed by atoms with Gasteiger partial charge in [0.05, 0.1) is 18.9 Å². The van der Waals surface area contributed by atoms with Gasteiger partial charge in [-0.05, 0) is 12.8 Å². The molecule has 0 aromatic heterocycles. The number of nitrogens with one attached hydrogen (secondary N) is 2. The van der Waals surface area contributed by atoms with E-state index in [1.54, 1.807) is 0 Å². The lowest BCUT2D eigenvalue weighted by molar-refractivity contribution is -0.145. The number of hydrogen-bond acceptors (Lipinski definition) is 7. The Bertz CT molecular complexity index is 666. The molecule has 1 aliphatic heterocycles. The SMILES string of the molecule is NC(CC(=O)O)C(=O)N1CCCC1C(=O)NC(CC(=O)O)C(=O)NCC(=O)O. The highest BCUT2D eigenvalue weighted by Crippen LogP contribution is 2.19. The van der Waals surface area contributed by atoms with E-state index in [0.717, 1.165) is 4.90 Å². The zero-order chi connectivity index (χ0) is 21.4. The lowest BCUT2D eigenvalue weighted by atomic mass is 10.1. The quantitative estimate of drug-likeness (QED) is 0.217. The van der Waals surface area contributed by atoms with Crippen LogP contribution in [-0.2, 0) is 28.8 Å². The predicted octanol–water partition coefficient (Wildman–Crippen LogP) is -3.06. The van der Waals surface area contributed by atoms with E-state index in [0.29, 0.717) is 6.42 Å². The van der Waals surface area contributed by atoms with E-state index in [-0.39, 0.29) is 13.0 Å². The molecule has 0 spiro atoms. The zero-order valence-electron chi connectivity index (χ0n) is 14.8. The van der Waals surface area contributed by atoms with E-state index in [1.165, 1.54) is 0 Å². The van der Waals surface area contributed by atoms with Gasteiger partial charge in [-0.25, -0.2) is 0 Å². The van der Waals surface area contributed by atoms with Gasteiger partial charge in [0, 0.05) is 6.54 Å². The summed E-state index contributed by atoms with van der Waals surface area (Å²) in [6.07, 6.45) is -0.772. The number of carbonyl (C=O) groups is 6. The van der Waals surface area contributed by atoms with Crippen LogP contribution in [0.25, 0.3) is 0 Å². The molecule has 0 saturated carbocycles. The Kier molecular flexibility index (Phi) is 8.31. The van der Waals surface area contributed by atoms with Crippen LogP contribution in [-0.4, -0.2) is 87.1 Å². The molecule has 0 aromatic carbocycles. The third-order valence-electron chi connectivity index (χ3n) is 3.98. The molecule has 13 nitrogen and oxygen atoms in total. The molecule has 3 amide bonds. The first-order valence-corrected chi connectivity index (χ1v) is 8.32. The van der Waals surface area contributed by atoms with Gasteiger partial charge in [0.15, 0.2) is 0 Å². The highest BCUT2D eigenvalue weighted by molar-refractivity contribution is 5.96. The number of nitrogens with two attached hydrogens (primary N) is 1. The van der Waals surface area contributed by atoms with Crippen LogP contribution in [0, 0.1) is 0 Å². The van der Waals surface area contributed by atoms with Crippen molar-refractivity contribution in [1.29, 1.82) is 0 Å². The van der Waals surface area contributed by atoms with Gasteiger partial charge in [-0.3, -0.25) is 28.8 Å². The zero-order valence-corrected chi connectivity index (χ0v) is 14.8. The molecule has 0 aromatic rings.